The number of unbranched alkanes of at least 4 members (excludes halogenated alkanes) is 1. The lowest BCUT2D eigenvalue weighted by Crippen LogP contribution is -2.07. The molecule has 0 bridgehead atoms. The summed E-state index contributed by atoms with van der Waals surface area (Å²) in [6, 6.07) is 1.71. The zero-order chi connectivity index (χ0) is 12.7. The highest BCUT2D eigenvalue weighted by molar-refractivity contribution is 5.90. The summed E-state index contributed by atoms with van der Waals surface area (Å²) in [4.78, 5) is 15.8. The molecule has 17 heavy (non-hydrogen) atoms. The fraction of sp³-hybridized carbons (Fsp3) is 0.286. The van der Waals surface area contributed by atoms with E-state index in [0.717, 1.165) is 18.4 Å². The first kappa shape index (κ1) is 13.2. The SMILES string of the molecule is C=Cc1cc(C(=O)OCCCC)cnc1C=C. The summed E-state index contributed by atoms with van der Waals surface area (Å²) in [5, 5.41) is 0. The molecule has 0 radical (unpaired) electrons. The number of aromatic nitrogens is 1. The van der Waals surface area contributed by atoms with E-state index in [4.69, 9.17) is 4.74 Å². The molecule has 0 aromatic carbocycles. The zero-order valence-corrected chi connectivity index (χ0v) is 10.1. The average Bonchev–Trinajstić information content (AvgIpc) is 2.38. The molecule has 0 fully saturated rings. The van der Waals surface area contributed by atoms with Crippen LogP contribution in [-0.2, 0) is 4.74 Å². The Kier molecular flexibility index (Phi) is 5.14. The Morgan fingerprint density at radius 3 is 2.82 bits per heavy atom. The van der Waals surface area contributed by atoms with E-state index in [1.54, 1.807) is 18.2 Å². The summed E-state index contributed by atoms with van der Waals surface area (Å²) in [6.07, 6.45) is 6.64. The molecule has 0 amide bonds. The van der Waals surface area contributed by atoms with E-state index in [9.17, 15) is 4.79 Å². The first-order chi connectivity index (χ1) is 8.22. The number of ether oxygens (including phenoxy) is 1. The number of esters is 1. The molecule has 1 aromatic rings. The van der Waals surface area contributed by atoms with Crippen LogP contribution in [0.5, 0.6) is 0 Å². The molecule has 1 aromatic heterocycles. The van der Waals surface area contributed by atoms with E-state index in [2.05, 4.69) is 18.1 Å². The maximum Gasteiger partial charge on any atom is 0.339 e. The Labute approximate surface area is 102 Å². The highest BCUT2D eigenvalue weighted by atomic mass is 16.5. The molecule has 0 unspecified atom stereocenters. The van der Waals surface area contributed by atoms with E-state index in [0.29, 0.717) is 17.9 Å². The van der Waals surface area contributed by atoms with Gasteiger partial charge in [-0.2, -0.15) is 0 Å². The largest absolute Gasteiger partial charge is 0.462 e. The van der Waals surface area contributed by atoms with E-state index in [-0.39, 0.29) is 5.97 Å². The van der Waals surface area contributed by atoms with Gasteiger partial charge in [0.2, 0.25) is 0 Å². The van der Waals surface area contributed by atoms with Crippen molar-refractivity contribution in [3.8, 4) is 0 Å². The molecule has 0 aliphatic carbocycles. The number of pyridine rings is 1. The van der Waals surface area contributed by atoms with Crippen molar-refractivity contribution in [3.05, 3.63) is 42.2 Å². The van der Waals surface area contributed by atoms with Crippen LogP contribution in [0, 0.1) is 0 Å². The summed E-state index contributed by atoms with van der Waals surface area (Å²) in [5.74, 6) is -0.343. The summed E-state index contributed by atoms with van der Waals surface area (Å²) in [5.41, 5.74) is 1.94. The van der Waals surface area contributed by atoms with Crippen LogP contribution in [0.4, 0.5) is 0 Å². The van der Waals surface area contributed by atoms with Crippen molar-refractivity contribution in [1.29, 1.82) is 0 Å². The maximum atomic E-state index is 11.7. The van der Waals surface area contributed by atoms with Crippen molar-refractivity contribution in [1.82, 2.24) is 4.98 Å². The predicted molar refractivity (Wildman–Crippen MR) is 69.6 cm³/mol. The maximum absolute atomic E-state index is 11.7. The fourth-order valence-electron chi connectivity index (χ4n) is 1.33. The molecule has 0 aliphatic rings. The second kappa shape index (κ2) is 6.63. The Hall–Kier alpha value is -1.90. The van der Waals surface area contributed by atoms with Crippen LogP contribution >= 0.6 is 0 Å². The van der Waals surface area contributed by atoms with Crippen LogP contribution in [0.1, 0.15) is 41.4 Å². The molecule has 0 saturated heterocycles. The van der Waals surface area contributed by atoms with Gasteiger partial charge in [-0.3, -0.25) is 4.98 Å². The Bertz CT molecular complexity index is 424. The molecule has 3 heteroatoms. The van der Waals surface area contributed by atoms with Crippen LogP contribution in [0.25, 0.3) is 12.2 Å². The Balaban J connectivity index is 2.81. The summed E-state index contributed by atoms with van der Waals surface area (Å²) in [7, 11) is 0. The van der Waals surface area contributed by atoms with Crippen molar-refractivity contribution in [2.75, 3.05) is 6.61 Å². The minimum Gasteiger partial charge on any atom is -0.462 e. The summed E-state index contributed by atoms with van der Waals surface area (Å²) >= 11 is 0. The standard InChI is InChI=1S/C14H17NO2/c1-4-7-8-17-14(16)12-9-11(5-2)13(6-3)15-10-12/h5-6,9-10H,2-4,7-8H2,1H3. The van der Waals surface area contributed by atoms with Gasteiger partial charge in [0.15, 0.2) is 0 Å². The molecule has 0 saturated carbocycles. The highest BCUT2D eigenvalue weighted by Crippen LogP contribution is 2.12. The lowest BCUT2D eigenvalue weighted by atomic mass is 10.1. The topological polar surface area (TPSA) is 39.2 Å². The number of carbonyl (C=O) groups excluding carboxylic acids is 1. The van der Waals surface area contributed by atoms with Crippen molar-refractivity contribution < 1.29 is 9.53 Å². The molecule has 1 heterocycles. The van der Waals surface area contributed by atoms with Crippen molar-refractivity contribution in [3.63, 3.8) is 0 Å². The fourth-order valence-corrected chi connectivity index (χ4v) is 1.33. The summed E-state index contributed by atoms with van der Waals surface area (Å²) in [6.45, 7) is 9.82. The molecular weight excluding hydrogens is 214 g/mol. The third-order valence-electron chi connectivity index (χ3n) is 2.33. The van der Waals surface area contributed by atoms with Gasteiger partial charge in [-0.05, 0) is 18.6 Å². The molecule has 0 aliphatic heterocycles. The van der Waals surface area contributed by atoms with Gasteiger partial charge in [0, 0.05) is 11.8 Å². The Morgan fingerprint density at radius 2 is 2.24 bits per heavy atom. The van der Waals surface area contributed by atoms with E-state index in [1.807, 2.05) is 6.92 Å². The first-order valence-electron chi connectivity index (χ1n) is 5.65. The molecule has 0 spiro atoms. The predicted octanol–water partition coefficient (Wildman–Crippen LogP) is 3.32. The van der Waals surface area contributed by atoms with Gasteiger partial charge in [0.25, 0.3) is 0 Å². The minimum atomic E-state index is -0.343. The van der Waals surface area contributed by atoms with Crippen molar-refractivity contribution in [2.24, 2.45) is 0 Å². The average molecular weight is 231 g/mol. The lowest BCUT2D eigenvalue weighted by molar-refractivity contribution is 0.0499. The lowest BCUT2D eigenvalue weighted by Gasteiger charge is -2.05. The van der Waals surface area contributed by atoms with Crippen LogP contribution < -0.4 is 0 Å². The number of nitrogens with zero attached hydrogens (tertiary/aromatic N) is 1. The van der Waals surface area contributed by atoms with Gasteiger partial charge in [-0.15, -0.1) is 0 Å². The van der Waals surface area contributed by atoms with Gasteiger partial charge in [0.05, 0.1) is 17.9 Å². The van der Waals surface area contributed by atoms with E-state index < -0.39 is 0 Å². The molecule has 90 valence electrons. The third kappa shape index (κ3) is 3.55. The smallest absolute Gasteiger partial charge is 0.339 e. The molecule has 3 nitrogen and oxygen atoms in total. The van der Waals surface area contributed by atoms with Crippen LogP contribution in [0.3, 0.4) is 0 Å². The monoisotopic (exact) mass is 231 g/mol. The van der Waals surface area contributed by atoms with Crippen LogP contribution in [0.2, 0.25) is 0 Å². The van der Waals surface area contributed by atoms with E-state index in [1.165, 1.54) is 6.20 Å². The van der Waals surface area contributed by atoms with Gasteiger partial charge < -0.3 is 4.74 Å². The van der Waals surface area contributed by atoms with Gasteiger partial charge in [0.1, 0.15) is 0 Å². The molecular formula is C14H17NO2. The number of hydrogen-bond donors (Lipinski definition) is 0. The third-order valence-corrected chi connectivity index (χ3v) is 2.33. The van der Waals surface area contributed by atoms with Crippen molar-refractivity contribution >= 4 is 18.1 Å². The van der Waals surface area contributed by atoms with E-state index >= 15 is 0 Å². The minimum absolute atomic E-state index is 0.343. The quantitative estimate of drug-likeness (QED) is 0.557. The second-order valence-electron chi connectivity index (χ2n) is 3.60. The zero-order valence-electron chi connectivity index (χ0n) is 10.1. The highest BCUT2D eigenvalue weighted by Gasteiger charge is 2.09. The van der Waals surface area contributed by atoms with Crippen molar-refractivity contribution in [2.45, 2.75) is 19.8 Å². The molecule has 0 atom stereocenters. The number of rotatable bonds is 6. The van der Waals surface area contributed by atoms with Gasteiger partial charge in [-0.25, -0.2) is 4.79 Å². The molecule has 1 rings (SSSR count). The first-order valence-corrected chi connectivity index (χ1v) is 5.65. The van der Waals surface area contributed by atoms with Gasteiger partial charge in [-0.1, -0.05) is 32.6 Å². The second-order valence-corrected chi connectivity index (χ2v) is 3.60. The normalized spacial score (nSPS) is 9.71. The summed E-state index contributed by atoms with van der Waals surface area (Å²) < 4.78 is 5.10. The van der Waals surface area contributed by atoms with Crippen LogP contribution in [0.15, 0.2) is 25.4 Å². The molecule has 0 N–H and O–H groups in total. The van der Waals surface area contributed by atoms with Crippen LogP contribution in [-0.4, -0.2) is 17.6 Å². The number of hydrogen-bond acceptors (Lipinski definition) is 3. The Morgan fingerprint density at radius 1 is 1.47 bits per heavy atom. The number of carbonyl (C=O) groups is 1. The van der Waals surface area contributed by atoms with Gasteiger partial charge >= 0.3 is 5.97 Å².